The number of hydrogen-bond donors (Lipinski definition) is 0. The van der Waals surface area contributed by atoms with Gasteiger partial charge in [-0.15, -0.1) is 18.4 Å². The molecular weight excluding hydrogens is 504 g/mol. The number of aromatic nitrogens is 8. The van der Waals surface area contributed by atoms with Crippen LogP contribution in [0.15, 0.2) is 82.6 Å². The molecule has 0 amide bonds. The highest BCUT2D eigenvalue weighted by Gasteiger charge is 2.26. The molecular formula is C22H18N8O4S2. The molecule has 0 bridgehead atoms. The zero-order valence-corrected chi connectivity index (χ0v) is 20.6. The molecule has 182 valence electrons. The number of aryl methyl sites for hydroxylation is 2. The van der Waals surface area contributed by atoms with Crippen molar-refractivity contribution < 1.29 is 16.8 Å². The Labute approximate surface area is 206 Å². The number of hydrogen-bond acceptors (Lipinski definition) is 10. The maximum atomic E-state index is 13.1. The fourth-order valence-corrected chi connectivity index (χ4v) is 5.76. The third kappa shape index (κ3) is 4.05. The van der Waals surface area contributed by atoms with E-state index in [2.05, 4.69) is 31.1 Å². The lowest BCUT2D eigenvalue weighted by atomic mass is 10.1. The van der Waals surface area contributed by atoms with Crippen LogP contribution >= 0.6 is 0 Å². The molecule has 2 heterocycles. The first-order valence-corrected chi connectivity index (χ1v) is 13.4. The molecule has 12 nitrogen and oxygen atoms in total. The number of tetrazole rings is 2. The lowest BCUT2D eigenvalue weighted by Gasteiger charge is -2.08. The summed E-state index contributed by atoms with van der Waals surface area (Å²) in [5.74, 6) is -0.0111. The zero-order valence-electron chi connectivity index (χ0n) is 19.0. The number of nitrogens with zero attached hydrogens (tertiary/aromatic N) is 8. The molecule has 0 aliphatic heterocycles. The van der Waals surface area contributed by atoms with Gasteiger partial charge in [0.05, 0.1) is 9.79 Å². The van der Waals surface area contributed by atoms with E-state index in [0.717, 1.165) is 19.3 Å². The van der Waals surface area contributed by atoms with Crippen LogP contribution in [-0.2, 0) is 20.0 Å². The molecule has 3 aromatic carbocycles. The van der Waals surface area contributed by atoms with Gasteiger partial charge >= 0.3 is 0 Å². The standard InChI is InChI=1S/C22H18N8O4S2/c1-15-3-11-19(12-4-15)35(31,32)29-21(23-25-27-29)17-7-9-18(10-8-17)22-24-26-28-30(22)36(33,34)20-13-5-16(2)6-14-20/h3-14H,1-2H3. The van der Waals surface area contributed by atoms with Crippen LogP contribution in [0.1, 0.15) is 11.1 Å². The summed E-state index contributed by atoms with van der Waals surface area (Å²) in [6.45, 7) is 3.70. The van der Waals surface area contributed by atoms with Gasteiger partial charge in [0, 0.05) is 11.1 Å². The minimum absolute atomic E-state index is 0.00556. The molecule has 14 heteroatoms. The molecule has 0 N–H and O–H groups in total. The van der Waals surface area contributed by atoms with E-state index in [-0.39, 0.29) is 21.4 Å². The fourth-order valence-electron chi connectivity index (χ4n) is 3.41. The SMILES string of the molecule is Cc1ccc(S(=O)(=O)n2nnnc2-c2ccc(-c3nnnn3S(=O)(=O)c3ccc(C)cc3)cc2)cc1. The Kier molecular flexibility index (Phi) is 5.68. The van der Waals surface area contributed by atoms with Gasteiger partial charge in [-0.3, -0.25) is 0 Å². The van der Waals surface area contributed by atoms with Gasteiger partial charge in [-0.1, -0.05) is 59.7 Å². The minimum atomic E-state index is -4.04. The summed E-state index contributed by atoms with van der Waals surface area (Å²) in [6, 6.07) is 18.9. The van der Waals surface area contributed by atoms with Gasteiger partial charge in [-0.05, 0) is 59.0 Å². The summed E-state index contributed by atoms with van der Waals surface area (Å²) in [7, 11) is -8.08. The predicted octanol–water partition coefficient (Wildman–Crippen LogP) is 2.08. The Bertz CT molecular complexity index is 1630. The summed E-state index contributed by atoms with van der Waals surface area (Å²) < 4.78 is 53.9. The maximum absolute atomic E-state index is 13.1. The molecule has 2 aromatic heterocycles. The van der Waals surface area contributed by atoms with Crippen LogP contribution in [0.2, 0.25) is 0 Å². The van der Waals surface area contributed by atoms with Gasteiger partial charge in [0.25, 0.3) is 20.0 Å². The Morgan fingerprint density at radius 1 is 0.528 bits per heavy atom. The van der Waals surface area contributed by atoms with Gasteiger partial charge < -0.3 is 0 Å². The monoisotopic (exact) mass is 522 g/mol. The quantitative estimate of drug-likeness (QED) is 0.323. The molecule has 5 rings (SSSR count). The normalized spacial score (nSPS) is 12.1. The second-order valence-electron chi connectivity index (χ2n) is 7.90. The van der Waals surface area contributed by atoms with Crippen LogP contribution < -0.4 is 0 Å². The highest BCUT2D eigenvalue weighted by Crippen LogP contribution is 2.26. The van der Waals surface area contributed by atoms with Crippen molar-refractivity contribution in [3.63, 3.8) is 0 Å². The van der Waals surface area contributed by atoms with Gasteiger partial charge in [-0.25, -0.2) is 0 Å². The van der Waals surface area contributed by atoms with Crippen LogP contribution in [0.4, 0.5) is 0 Å². The van der Waals surface area contributed by atoms with Crippen LogP contribution in [0.25, 0.3) is 22.8 Å². The second kappa shape index (κ2) is 8.73. The summed E-state index contributed by atoms with van der Waals surface area (Å²) >= 11 is 0. The Balaban J connectivity index is 1.50. The van der Waals surface area contributed by atoms with Crippen LogP contribution in [-0.4, -0.2) is 56.1 Å². The fraction of sp³-hybridized carbons (Fsp3) is 0.0909. The smallest absolute Gasteiger partial charge is 0.199 e. The molecule has 0 aliphatic carbocycles. The van der Waals surface area contributed by atoms with Crippen molar-refractivity contribution >= 4 is 20.0 Å². The first-order chi connectivity index (χ1) is 17.2. The number of benzene rings is 3. The van der Waals surface area contributed by atoms with E-state index in [1.54, 1.807) is 48.5 Å². The van der Waals surface area contributed by atoms with Crippen LogP contribution in [0, 0.1) is 13.8 Å². The highest BCUT2D eigenvalue weighted by molar-refractivity contribution is 7.90. The van der Waals surface area contributed by atoms with Crippen molar-refractivity contribution in [2.45, 2.75) is 23.6 Å². The molecule has 0 saturated heterocycles. The molecule has 0 atom stereocenters. The first kappa shape index (κ1) is 23.4. The maximum Gasteiger partial charge on any atom is 0.286 e. The number of rotatable bonds is 6. The third-order valence-electron chi connectivity index (χ3n) is 5.38. The van der Waals surface area contributed by atoms with Crippen molar-refractivity contribution in [1.82, 2.24) is 39.2 Å². The van der Waals surface area contributed by atoms with E-state index in [9.17, 15) is 16.8 Å². The molecule has 0 aliphatic rings. The molecule has 0 spiro atoms. The Morgan fingerprint density at radius 3 is 1.19 bits per heavy atom. The van der Waals surface area contributed by atoms with Crippen molar-refractivity contribution in [2.24, 2.45) is 0 Å². The Morgan fingerprint density at radius 2 is 0.861 bits per heavy atom. The predicted molar refractivity (Wildman–Crippen MR) is 128 cm³/mol. The third-order valence-corrected chi connectivity index (χ3v) is 8.52. The van der Waals surface area contributed by atoms with Crippen LogP contribution in [0.3, 0.4) is 0 Å². The lowest BCUT2D eigenvalue weighted by Crippen LogP contribution is -2.16. The summed E-state index contributed by atoms with van der Waals surface area (Å²) in [4.78, 5) is 0.0810. The molecule has 0 fully saturated rings. The summed E-state index contributed by atoms with van der Waals surface area (Å²) in [5, 5.41) is 22.2. The molecule has 36 heavy (non-hydrogen) atoms. The summed E-state index contributed by atoms with van der Waals surface area (Å²) in [5.41, 5.74) is 2.60. The lowest BCUT2D eigenvalue weighted by molar-refractivity contribution is 0.576. The topological polar surface area (TPSA) is 155 Å². The van der Waals surface area contributed by atoms with Crippen molar-refractivity contribution in [2.75, 3.05) is 0 Å². The average molecular weight is 523 g/mol. The molecule has 0 radical (unpaired) electrons. The first-order valence-electron chi connectivity index (χ1n) is 10.5. The zero-order chi connectivity index (χ0) is 25.5. The van der Waals surface area contributed by atoms with E-state index in [4.69, 9.17) is 0 Å². The van der Waals surface area contributed by atoms with Gasteiger partial charge in [-0.2, -0.15) is 16.8 Å². The van der Waals surface area contributed by atoms with Crippen molar-refractivity contribution in [3.05, 3.63) is 83.9 Å². The van der Waals surface area contributed by atoms with Gasteiger partial charge in [0.2, 0.25) is 0 Å². The van der Waals surface area contributed by atoms with E-state index in [1.807, 2.05) is 13.8 Å². The summed E-state index contributed by atoms with van der Waals surface area (Å²) in [6.07, 6.45) is 0. The largest absolute Gasteiger partial charge is 0.286 e. The van der Waals surface area contributed by atoms with Crippen LogP contribution in [0.5, 0.6) is 0 Å². The van der Waals surface area contributed by atoms with Crippen molar-refractivity contribution in [1.29, 1.82) is 0 Å². The molecule has 0 unspecified atom stereocenters. The van der Waals surface area contributed by atoms with Crippen molar-refractivity contribution in [3.8, 4) is 22.8 Å². The molecule has 5 aromatic rings. The highest BCUT2D eigenvalue weighted by atomic mass is 32.2. The van der Waals surface area contributed by atoms with E-state index >= 15 is 0 Å². The van der Waals surface area contributed by atoms with Gasteiger partial charge in [0.1, 0.15) is 0 Å². The van der Waals surface area contributed by atoms with E-state index in [1.165, 1.54) is 24.3 Å². The molecule has 0 saturated carbocycles. The Hall–Kier alpha value is -4.30. The minimum Gasteiger partial charge on any atom is -0.199 e. The average Bonchev–Trinajstić information content (AvgIpc) is 3.56. The van der Waals surface area contributed by atoms with E-state index in [0.29, 0.717) is 11.1 Å². The van der Waals surface area contributed by atoms with Gasteiger partial charge in [0.15, 0.2) is 11.6 Å². The van der Waals surface area contributed by atoms with E-state index < -0.39 is 20.0 Å². The second-order valence-corrected chi connectivity index (χ2v) is 11.4.